The van der Waals surface area contributed by atoms with E-state index in [0.717, 1.165) is 6.42 Å². The zero-order chi connectivity index (χ0) is 10.2. The molecule has 5 nitrogen and oxygen atoms in total. The average molecular weight is 280 g/mol. The van der Waals surface area contributed by atoms with E-state index in [2.05, 4.69) is 26.1 Å². The summed E-state index contributed by atoms with van der Waals surface area (Å²) < 4.78 is 25.2. The van der Waals surface area contributed by atoms with E-state index in [1.54, 1.807) is 0 Å². The topological polar surface area (TPSA) is 66.1 Å². The molecule has 0 amide bonds. The Kier molecular flexibility index (Phi) is 2.63. The highest BCUT2D eigenvalue weighted by Gasteiger charge is 2.31. The first-order valence-electron chi connectivity index (χ1n) is 4.24. The molecule has 1 aliphatic rings. The molecule has 1 aliphatic heterocycles. The molecule has 1 aromatic heterocycles. The number of H-pyrrole nitrogens is 1. The van der Waals surface area contributed by atoms with Gasteiger partial charge in [-0.2, -0.15) is 9.40 Å². The summed E-state index contributed by atoms with van der Waals surface area (Å²) >= 11 is 3.40. The third-order valence-corrected chi connectivity index (χ3v) is 4.73. The van der Waals surface area contributed by atoms with Gasteiger partial charge in [0.2, 0.25) is 0 Å². The van der Waals surface area contributed by atoms with Gasteiger partial charge in [-0.25, -0.2) is 8.42 Å². The van der Waals surface area contributed by atoms with E-state index in [0.29, 0.717) is 13.1 Å². The molecule has 14 heavy (non-hydrogen) atoms. The lowest BCUT2D eigenvalue weighted by Gasteiger charge is -2.13. The van der Waals surface area contributed by atoms with Gasteiger partial charge in [0.15, 0.2) is 5.03 Å². The summed E-state index contributed by atoms with van der Waals surface area (Å²) in [5.41, 5.74) is 0. The first-order valence-corrected chi connectivity index (χ1v) is 6.60. The first-order chi connectivity index (χ1) is 6.60. The van der Waals surface area contributed by atoms with Gasteiger partial charge in [0, 0.05) is 17.9 Å². The second-order valence-electron chi connectivity index (χ2n) is 3.17. The molecule has 1 aromatic rings. The molecule has 1 fully saturated rings. The molecule has 2 heterocycles. The normalized spacial score (nSPS) is 24.2. The van der Waals surface area contributed by atoms with Gasteiger partial charge in [0.05, 0.1) is 6.20 Å². The summed E-state index contributed by atoms with van der Waals surface area (Å²) in [4.78, 5) is 0.264. The van der Waals surface area contributed by atoms with Crippen molar-refractivity contribution < 1.29 is 8.42 Å². The zero-order valence-corrected chi connectivity index (χ0v) is 9.75. The summed E-state index contributed by atoms with van der Waals surface area (Å²) in [5, 5.41) is 6.28. The molecule has 0 spiro atoms. The smallest absolute Gasteiger partial charge is 0.260 e. The van der Waals surface area contributed by atoms with E-state index in [9.17, 15) is 8.42 Å². The Labute approximate surface area is 90.7 Å². The summed E-state index contributed by atoms with van der Waals surface area (Å²) in [7, 11) is -3.34. The Bertz CT molecular complexity index is 403. The fraction of sp³-hybridized carbons (Fsp3) is 0.571. The molecule has 0 radical (unpaired) electrons. The Morgan fingerprint density at radius 3 is 2.93 bits per heavy atom. The van der Waals surface area contributed by atoms with Crippen molar-refractivity contribution in [3.05, 3.63) is 12.3 Å². The number of nitrogens with one attached hydrogen (secondary N) is 1. The molecule has 2 rings (SSSR count). The van der Waals surface area contributed by atoms with Gasteiger partial charge in [-0.15, -0.1) is 0 Å². The standard InChI is InChI=1S/C7H10BrN3O2S/c8-6-2-4-11(5-6)14(12,13)7-1-3-9-10-7/h1,3,6H,2,4-5H2,(H,9,10). The minimum atomic E-state index is -3.34. The quantitative estimate of drug-likeness (QED) is 0.805. The van der Waals surface area contributed by atoms with Crippen molar-refractivity contribution >= 4 is 26.0 Å². The number of hydrogen-bond donors (Lipinski definition) is 1. The van der Waals surface area contributed by atoms with E-state index < -0.39 is 10.0 Å². The van der Waals surface area contributed by atoms with E-state index in [4.69, 9.17) is 0 Å². The van der Waals surface area contributed by atoms with Crippen LogP contribution in [0.15, 0.2) is 17.3 Å². The van der Waals surface area contributed by atoms with Crippen molar-refractivity contribution in [3.8, 4) is 0 Å². The highest BCUT2D eigenvalue weighted by molar-refractivity contribution is 9.09. The van der Waals surface area contributed by atoms with E-state index in [1.165, 1.54) is 16.6 Å². The van der Waals surface area contributed by atoms with E-state index in [-0.39, 0.29) is 9.85 Å². The number of alkyl halides is 1. The highest BCUT2D eigenvalue weighted by atomic mass is 79.9. The lowest BCUT2D eigenvalue weighted by atomic mass is 10.4. The van der Waals surface area contributed by atoms with Gasteiger partial charge in [-0.3, -0.25) is 5.10 Å². The van der Waals surface area contributed by atoms with Crippen molar-refractivity contribution in [1.29, 1.82) is 0 Å². The third kappa shape index (κ3) is 1.71. The summed E-state index contributed by atoms with van der Waals surface area (Å²) in [6.07, 6.45) is 2.29. The molecular formula is C7H10BrN3O2S. The molecule has 7 heteroatoms. The number of aromatic amines is 1. The predicted molar refractivity (Wildman–Crippen MR) is 54.7 cm³/mol. The van der Waals surface area contributed by atoms with Crippen molar-refractivity contribution in [2.75, 3.05) is 13.1 Å². The molecular weight excluding hydrogens is 270 g/mol. The van der Waals surface area contributed by atoms with E-state index >= 15 is 0 Å². The lowest BCUT2D eigenvalue weighted by Crippen LogP contribution is -2.29. The fourth-order valence-corrected chi connectivity index (χ4v) is 3.58. The second-order valence-corrected chi connectivity index (χ2v) is 6.37. The van der Waals surface area contributed by atoms with Gasteiger partial charge in [-0.1, -0.05) is 15.9 Å². The van der Waals surface area contributed by atoms with E-state index in [1.807, 2.05) is 0 Å². The second kappa shape index (κ2) is 3.63. The minimum Gasteiger partial charge on any atom is -0.266 e. The van der Waals surface area contributed by atoms with Crippen LogP contribution in [0.3, 0.4) is 0 Å². The largest absolute Gasteiger partial charge is 0.266 e. The molecule has 0 aliphatic carbocycles. The molecule has 0 bridgehead atoms. The van der Waals surface area contributed by atoms with Crippen molar-refractivity contribution in [3.63, 3.8) is 0 Å². The maximum atomic E-state index is 11.9. The molecule has 0 aromatic carbocycles. The van der Waals surface area contributed by atoms with Crippen molar-refractivity contribution in [1.82, 2.24) is 14.5 Å². The van der Waals surface area contributed by atoms with Crippen LogP contribution in [0.2, 0.25) is 0 Å². The molecule has 1 saturated heterocycles. The Balaban J connectivity index is 2.26. The van der Waals surface area contributed by atoms with Crippen molar-refractivity contribution in [2.24, 2.45) is 0 Å². The Hall–Kier alpha value is -0.400. The molecule has 0 saturated carbocycles. The number of sulfonamides is 1. The number of aromatic nitrogens is 2. The van der Waals surface area contributed by atoms with Crippen molar-refractivity contribution in [2.45, 2.75) is 16.3 Å². The summed E-state index contributed by atoms with van der Waals surface area (Å²) in [6, 6.07) is 1.47. The molecule has 1 N–H and O–H groups in total. The number of rotatable bonds is 2. The number of nitrogens with zero attached hydrogens (tertiary/aromatic N) is 2. The lowest BCUT2D eigenvalue weighted by molar-refractivity contribution is 0.475. The Morgan fingerprint density at radius 2 is 2.43 bits per heavy atom. The van der Waals surface area contributed by atoms with Gasteiger partial charge in [0.1, 0.15) is 0 Å². The summed E-state index contributed by atoms with van der Waals surface area (Å²) in [6.45, 7) is 1.10. The molecule has 1 atom stereocenters. The fourth-order valence-electron chi connectivity index (χ4n) is 1.43. The van der Waals surface area contributed by atoms with Crippen LogP contribution in [0.1, 0.15) is 6.42 Å². The van der Waals surface area contributed by atoms with Gasteiger partial charge in [0.25, 0.3) is 10.0 Å². The average Bonchev–Trinajstić information content (AvgIpc) is 2.72. The van der Waals surface area contributed by atoms with Crippen LogP contribution >= 0.6 is 15.9 Å². The van der Waals surface area contributed by atoms with Crippen LogP contribution in [0.25, 0.3) is 0 Å². The van der Waals surface area contributed by atoms with Gasteiger partial charge < -0.3 is 0 Å². The van der Waals surface area contributed by atoms with Crippen LogP contribution in [0, 0.1) is 0 Å². The minimum absolute atomic E-state index is 0.166. The SMILES string of the molecule is O=S(=O)(c1ccn[nH]1)N1CCC(Br)C1. The van der Waals surface area contributed by atoms with Crippen LogP contribution in [-0.4, -0.2) is 40.8 Å². The van der Waals surface area contributed by atoms with Crippen LogP contribution < -0.4 is 0 Å². The zero-order valence-electron chi connectivity index (χ0n) is 7.35. The monoisotopic (exact) mass is 279 g/mol. The van der Waals surface area contributed by atoms with Crippen LogP contribution in [-0.2, 0) is 10.0 Å². The maximum absolute atomic E-state index is 11.9. The van der Waals surface area contributed by atoms with Gasteiger partial charge >= 0.3 is 0 Å². The number of hydrogen-bond acceptors (Lipinski definition) is 3. The predicted octanol–water partition coefficient (Wildman–Crippen LogP) is 0.568. The number of halogens is 1. The molecule has 78 valence electrons. The summed E-state index contributed by atoms with van der Waals surface area (Å²) in [5.74, 6) is 0. The third-order valence-electron chi connectivity index (χ3n) is 2.19. The van der Waals surface area contributed by atoms with Gasteiger partial charge in [-0.05, 0) is 12.5 Å². The Morgan fingerprint density at radius 1 is 1.64 bits per heavy atom. The van der Waals surface area contributed by atoms with Crippen LogP contribution in [0.4, 0.5) is 0 Å². The first kappa shape index (κ1) is 10.1. The van der Waals surface area contributed by atoms with Crippen LogP contribution in [0.5, 0.6) is 0 Å². The maximum Gasteiger partial charge on any atom is 0.260 e. The molecule has 1 unspecified atom stereocenters. The highest BCUT2D eigenvalue weighted by Crippen LogP contribution is 2.22.